The molecule has 1 N–H and O–H groups in total. The number of carbonyl (C=O) groups excluding carboxylic acids is 3. The molecule has 2 aliphatic heterocycles. The number of amides is 4. The van der Waals surface area contributed by atoms with Crippen molar-refractivity contribution in [3.8, 4) is 0 Å². The number of piperazine rings is 1. The number of urea groups is 1. The summed E-state index contributed by atoms with van der Waals surface area (Å²) >= 11 is 0. The van der Waals surface area contributed by atoms with E-state index in [1.54, 1.807) is 30.0 Å². The molecule has 2 saturated heterocycles. The molecule has 5 rings (SSSR count). The van der Waals surface area contributed by atoms with E-state index in [1.807, 2.05) is 23.1 Å². The van der Waals surface area contributed by atoms with Crippen LogP contribution < -0.4 is 10.2 Å². The van der Waals surface area contributed by atoms with Crippen molar-refractivity contribution in [1.82, 2.24) is 15.1 Å². The number of nitrogens with one attached hydrogen (secondary N) is 1. The second-order valence-corrected chi connectivity index (χ2v) is 9.10. The van der Waals surface area contributed by atoms with Gasteiger partial charge in [0.2, 0.25) is 5.91 Å². The zero-order valence-electron chi connectivity index (χ0n) is 18.6. The Kier molecular flexibility index (Phi) is 5.31. The van der Waals surface area contributed by atoms with Gasteiger partial charge in [-0.2, -0.15) is 0 Å². The number of benzene rings is 2. The first-order valence-corrected chi connectivity index (χ1v) is 11.4. The van der Waals surface area contributed by atoms with Crippen LogP contribution in [0.1, 0.15) is 30.0 Å². The summed E-state index contributed by atoms with van der Waals surface area (Å²) < 4.78 is 14.1. The summed E-state index contributed by atoms with van der Waals surface area (Å²) in [5.74, 6) is -0.990. The third-order valence-electron chi connectivity index (χ3n) is 7.07. The normalized spacial score (nSPS) is 22.5. The predicted molar refractivity (Wildman–Crippen MR) is 121 cm³/mol. The molecule has 3 aliphatic rings. The summed E-state index contributed by atoms with van der Waals surface area (Å²) in [5, 5.41) is 2.80. The van der Waals surface area contributed by atoms with E-state index in [1.165, 1.54) is 17.2 Å². The van der Waals surface area contributed by atoms with E-state index < -0.39 is 17.5 Å². The zero-order chi connectivity index (χ0) is 23.2. The molecule has 172 valence electrons. The van der Waals surface area contributed by atoms with Gasteiger partial charge in [0.25, 0.3) is 5.91 Å². The Balaban J connectivity index is 1.24. The fraction of sp³-hybridized carbons (Fsp3) is 0.400. The van der Waals surface area contributed by atoms with Gasteiger partial charge in [0.05, 0.1) is 5.69 Å². The highest BCUT2D eigenvalue weighted by atomic mass is 19.1. The number of nitrogens with zero attached hydrogens (tertiary/aromatic N) is 3. The summed E-state index contributed by atoms with van der Waals surface area (Å²) in [7, 11) is 0. The van der Waals surface area contributed by atoms with Crippen LogP contribution in [0.15, 0.2) is 42.5 Å². The van der Waals surface area contributed by atoms with E-state index in [-0.39, 0.29) is 18.3 Å². The van der Waals surface area contributed by atoms with Crippen molar-refractivity contribution in [1.29, 1.82) is 0 Å². The Hall–Kier alpha value is -3.42. The molecule has 2 fully saturated rings. The van der Waals surface area contributed by atoms with Crippen LogP contribution in [-0.4, -0.2) is 60.4 Å². The third kappa shape index (κ3) is 3.73. The molecule has 2 heterocycles. The van der Waals surface area contributed by atoms with Crippen molar-refractivity contribution in [3.63, 3.8) is 0 Å². The number of rotatable bonds is 4. The number of para-hydroxylation sites is 1. The molecule has 0 unspecified atom stereocenters. The van der Waals surface area contributed by atoms with Crippen molar-refractivity contribution in [2.75, 3.05) is 37.6 Å². The van der Waals surface area contributed by atoms with Gasteiger partial charge in [-0.3, -0.25) is 14.5 Å². The highest BCUT2D eigenvalue weighted by Gasteiger charge is 2.50. The van der Waals surface area contributed by atoms with E-state index in [0.717, 1.165) is 29.7 Å². The van der Waals surface area contributed by atoms with E-state index in [9.17, 15) is 18.8 Å². The van der Waals surface area contributed by atoms with Crippen LogP contribution >= 0.6 is 0 Å². The second kappa shape index (κ2) is 8.17. The Morgan fingerprint density at radius 3 is 2.52 bits per heavy atom. The number of hydrogen-bond donors (Lipinski definition) is 1. The number of hydrogen-bond acceptors (Lipinski definition) is 4. The zero-order valence-corrected chi connectivity index (χ0v) is 18.6. The average Bonchev–Trinajstić information content (AvgIpc) is 3.38. The highest BCUT2D eigenvalue weighted by Crippen LogP contribution is 2.32. The molecular formula is C25H27FN4O3. The molecule has 0 spiro atoms. The first-order valence-electron chi connectivity index (χ1n) is 11.4. The topological polar surface area (TPSA) is 73.0 Å². The van der Waals surface area contributed by atoms with Gasteiger partial charge in [0, 0.05) is 26.2 Å². The van der Waals surface area contributed by atoms with Gasteiger partial charge in [0.1, 0.15) is 17.9 Å². The fourth-order valence-electron chi connectivity index (χ4n) is 5.06. The van der Waals surface area contributed by atoms with Gasteiger partial charge in [-0.25, -0.2) is 9.18 Å². The maximum Gasteiger partial charge on any atom is 0.325 e. The third-order valence-corrected chi connectivity index (χ3v) is 7.07. The molecule has 0 aromatic heterocycles. The lowest BCUT2D eigenvalue weighted by molar-refractivity contribution is -0.139. The number of anilines is 1. The lowest BCUT2D eigenvalue weighted by Gasteiger charge is -2.36. The van der Waals surface area contributed by atoms with Crippen LogP contribution in [0.2, 0.25) is 0 Å². The molecule has 8 heteroatoms. The molecule has 0 radical (unpaired) electrons. The number of imide groups is 1. The molecule has 7 nitrogen and oxygen atoms in total. The SMILES string of the molecule is C[C@]1(c2ccc3c(c2)CCC3)NC(=O)N(CC(=O)N2CCN(c3ccccc3F)CC2)C1=O. The number of carbonyl (C=O) groups is 3. The smallest absolute Gasteiger partial charge is 0.325 e. The van der Waals surface area contributed by atoms with Crippen molar-refractivity contribution in [2.45, 2.75) is 31.7 Å². The van der Waals surface area contributed by atoms with Crippen molar-refractivity contribution in [2.24, 2.45) is 0 Å². The average molecular weight is 451 g/mol. The lowest BCUT2D eigenvalue weighted by atomic mass is 9.89. The van der Waals surface area contributed by atoms with Gasteiger partial charge < -0.3 is 15.1 Å². The Bertz CT molecular complexity index is 1130. The minimum Gasteiger partial charge on any atom is -0.366 e. The van der Waals surface area contributed by atoms with E-state index in [2.05, 4.69) is 5.32 Å². The maximum absolute atomic E-state index is 14.1. The molecule has 4 amide bonds. The Morgan fingerprint density at radius 1 is 1.03 bits per heavy atom. The Labute approximate surface area is 192 Å². The predicted octanol–water partition coefficient (Wildman–Crippen LogP) is 2.43. The number of aryl methyl sites for hydroxylation is 2. The second-order valence-electron chi connectivity index (χ2n) is 9.10. The summed E-state index contributed by atoms with van der Waals surface area (Å²) in [4.78, 5) is 43.4. The van der Waals surface area contributed by atoms with Crippen LogP contribution in [0, 0.1) is 5.82 Å². The quantitative estimate of drug-likeness (QED) is 0.727. The van der Waals surface area contributed by atoms with E-state index in [4.69, 9.17) is 0 Å². The molecule has 0 saturated carbocycles. The van der Waals surface area contributed by atoms with E-state index in [0.29, 0.717) is 31.9 Å². The van der Waals surface area contributed by atoms with E-state index >= 15 is 0 Å². The first-order chi connectivity index (χ1) is 15.9. The minimum atomic E-state index is -1.18. The maximum atomic E-state index is 14.1. The number of halogens is 1. The van der Waals surface area contributed by atoms with Crippen LogP contribution in [0.25, 0.3) is 0 Å². The minimum absolute atomic E-state index is 0.287. The van der Waals surface area contributed by atoms with Crippen LogP contribution in [0.4, 0.5) is 14.9 Å². The van der Waals surface area contributed by atoms with Crippen LogP contribution in [0.3, 0.4) is 0 Å². The van der Waals surface area contributed by atoms with Gasteiger partial charge in [0.15, 0.2) is 0 Å². The standard InChI is InChI=1S/C25H27FN4O3/c1-25(19-10-9-17-5-4-6-18(17)15-19)23(32)30(24(33)27-25)16-22(31)29-13-11-28(12-14-29)21-8-3-2-7-20(21)26/h2-3,7-10,15H,4-6,11-14,16H2,1H3,(H,27,33)/t25-/m1/s1. The molecular weight excluding hydrogens is 423 g/mol. The van der Waals surface area contributed by atoms with Crippen molar-refractivity contribution < 1.29 is 18.8 Å². The molecule has 2 aromatic carbocycles. The number of fused-ring (bicyclic) bond motifs is 1. The molecule has 1 aliphatic carbocycles. The van der Waals surface area contributed by atoms with Gasteiger partial charge in [-0.05, 0) is 55.0 Å². The summed E-state index contributed by atoms with van der Waals surface area (Å²) in [6.45, 7) is 3.17. The molecule has 1 atom stereocenters. The highest BCUT2D eigenvalue weighted by molar-refractivity contribution is 6.09. The Morgan fingerprint density at radius 2 is 1.76 bits per heavy atom. The lowest BCUT2D eigenvalue weighted by Crippen LogP contribution is -2.52. The summed E-state index contributed by atoms with van der Waals surface area (Å²) in [6, 6.07) is 12.0. The van der Waals surface area contributed by atoms with Crippen LogP contribution in [-0.2, 0) is 28.0 Å². The molecule has 33 heavy (non-hydrogen) atoms. The fourth-order valence-corrected chi connectivity index (χ4v) is 5.06. The van der Waals surface area contributed by atoms with Gasteiger partial charge in [-0.15, -0.1) is 0 Å². The van der Waals surface area contributed by atoms with Crippen molar-refractivity contribution >= 4 is 23.5 Å². The summed E-state index contributed by atoms with van der Waals surface area (Å²) in [5.41, 5.74) is 2.59. The largest absolute Gasteiger partial charge is 0.366 e. The van der Waals surface area contributed by atoms with Gasteiger partial charge >= 0.3 is 6.03 Å². The monoisotopic (exact) mass is 450 g/mol. The molecule has 2 aromatic rings. The summed E-state index contributed by atoms with van der Waals surface area (Å²) in [6.07, 6.45) is 3.11. The van der Waals surface area contributed by atoms with Gasteiger partial charge in [-0.1, -0.05) is 30.3 Å². The molecule has 0 bridgehead atoms. The van der Waals surface area contributed by atoms with Crippen molar-refractivity contribution in [3.05, 3.63) is 65.0 Å². The van der Waals surface area contributed by atoms with Crippen LogP contribution in [0.5, 0.6) is 0 Å². The first kappa shape index (κ1) is 21.4.